The number of piperazine rings is 1. The first kappa shape index (κ1) is 17.2. The van der Waals surface area contributed by atoms with Crippen molar-refractivity contribution in [2.45, 2.75) is 38.8 Å². The van der Waals surface area contributed by atoms with Crippen molar-refractivity contribution < 1.29 is 9.59 Å². The second-order valence-corrected chi connectivity index (χ2v) is 7.21. The molecule has 0 aromatic rings. The molecule has 1 unspecified atom stereocenters. The number of urea groups is 1. The van der Waals surface area contributed by atoms with E-state index in [0.717, 1.165) is 39.3 Å². The average molecular weight is 311 g/mol. The number of hydrogen-bond acceptors (Lipinski definition) is 5. The second kappa shape index (κ2) is 7.39. The molecule has 0 bridgehead atoms. The van der Waals surface area contributed by atoms with E-state index in [1.807, 2.05) is 20.8 Å². The third kappa shape index (κ3) is 5.55. The van der Waals surface area contributed by atoms with E-state index in [0.29, 0.717) is 6.04 Å². The maximum absolute atomic E-state index is 11.9. The zero-order valence-corrected chi connectivity index (χ0v) is 13.9. The first-order valence-electron chi connectivity index (χ1n) is 8.12. The summed E-state index contributed by atoms with van der Waals surface area (Å²) in [6.45, 7) is 11.9. The summed E-state index contributed by atoms with van der Waals surface area (Å²) < 4.78 is 0. The Morgan fingerprint density at radius 2 is 1.86 bits per heavy atom. The van der Waals surface area contributed by atoms with Gasteiger partial charge in [-0.05, 0) is 33.7 Å². The van der Waals surface area contributed by atoms with Crippen LogP contribution in [0.5, 0.6) is 0 Å². The van der Waals surface area contributed by atoms with Crippen LogP contribution < -0.4 is 16.0 Å². The number of carbonyl (C=O) groups is 2. The van der Waals surface area contributed by atoms with Crippen molar-refractivity contribution >= 4 is 11.9 Å². The highest BCUT2D eigenvalue weighted by Gasteiger charge is 2.27. The number of nitrogens with zero attached hydrogens (tertiary/aromatic N) is 2. The van der Waals surface area contributed by atoms with Gasteiger partial charge in [0.05, 0.1) is 6.54 Å². The van der Waals surface area contributed by atoms with Gasteiger partial charge in [-0.1, -0.05) is 0 Å². The lowest BCUT2D eigenvalue weighted by atomic mass is 10.1. The molecule has 2 heterocycles. The van der Waals surface area contributed by atoms with E-state index < -0.39 is 6.03 Å². The summed E-state index contributed by atoms with van der Waals surface area (Å²) in [7, 11) is 0. The Hall–Kier alpha value is -1.18. The molecule has 2 aliphatic heterocycles. The van der Waals surface area contributed by atoms with Gasteiger partial charge in [-0.25, -0.2) is 4.79 Å². The van der Waals surface area contributed by atoms with Gasteiger partial charge in [0.25, 0.3) is 0 Å². The number of amides is 3. The summed E-state index contributed by atoms with van der Waals surface area (Å²) in [5.41, 5.74) is -0.342. The van der Waals surface area contributed by atoms with Gasteiger partial charge in [-0.2, -0.15) is 0 Å². The fourth-order valence-corrected chi connectivity index (χ4v) is 2.98. The van der Waals surface area contributed by atoms with Crippen LogP contribution in [0.15, 0.2) is 0 Å². The van der Waals surface area contributed by atoms with E-state index in [2.05, 4.69) is 25.8 Å². The largest absolute Gasteiger partial charge is 0.333 e. The van der Waals surface area contributed by atoms with Crippen LogP contribution in [-0.2, 0) is 4.79 Å². The smallest absolute Gasteiger partial charge is 0.321 e. The monoisotopic (exact) mass is 311 g/mol. The van der Waals surface area contributed by atoms with Crippen molar-refractivity contribution in [2.75, 3.05) is 45.8 Å². The summed E-state index contributed by atoms with van der Waals surface area (Å²) in [6, 6.07) is 0.224. The fraction of sp³-hybridized carbons (Fsp3) is 0.867. The molecule has 7 heteroatoms. The van der Waals surface area contributed by atoms with E-state index >= 15 is 0 Å². The third-order valence-corrected chi connectivity index (χ3v) is 4.07. The highest BCUT2D eigenvalue weighted by Crippen LogP contribution is 2.11. The molecule has 0 spiro atoms. The minimum Gasteiger partial charge on any atom is -0.333 e. The molecule has 3 N–H and O–H groups in total. The van der Waals surface area contributed by atoms with E-state index in [-0.39, 0.29) is 18.0 Å². The Labute approximate surface area is 132 Å². The topological polar surface area (TPSA) is 76.7 Å². The van der Waals surface area contributed by atoms with Crippen LogP contribution in [0.2, 0.25) is 0 Å². The summed E-state index contributed by atoms with van der Waals surface area (Å²) in [6.07, 6.45) is 1.22. The fourth-order valence-electron chi connectivity index (χ4n) is 2.98. The molecule has 2 saturated heterocycles. The molecular formula is C15H29N5O2. The number of hydrogen-bond donors (Lipinski definition) is 3. The Balaban J connectivity index is 1.67. The van der Waals surface area contributed by atoms with Gasteiger partial charge < -0.3 is 10.6 Å². The molecule has 126 valence electrons. The Morgan fingerprint density at radius 3 is 2.41 bits per heavy atom. The normalized spacial score (nSPS) is 24.2. The first-order chi connectivity index (χ1) is 10.3. The zero-order valence-electron chi connectivity index (χ0n) is 13.9. The van der Waals surface area contributed by atoms with Crippen LogP contribution in [0, 0.1) is 0 Å². The predicted molar refractivity (Wildman–Crippen MR) is 85.7 cm³/mol. The van der Waals surface area contributed by atoms with Crippen LogP contribution in [-0.4, -0.2) is 79.1 Å². The van der Waals surface area contributed by atoms with Crippen LogP contribution >= 0.6 is 0 Å². The lowest BCUT2D eigenvalue weighted by Crippen LogP contribution is -2.54. The van der Waals surface area contributed by atoms with Crippen molar-refractivity contribution in [3.63, 3.8) is 0 Å². The van der Waals surface area contributed by atoms with E-state index in [4.69, 9.17) is 0 Å². The van der Waals surface area contributed by atoms with Crippen LogP contribution in [0.3, 0.4) is 0 Å². The van der Waals surface area contributed by atoms with Crippen molar-refractivity contribution in [1.29, 1.82) is 0 Å². The molecule has 0 saturated carbocycles. The van der Waals surface area contributed by atoms with Crippen molar-refractivity contribution in [2.24, 2.45) is 0 Å². The number of rotatable bonds is 3. The maximum atomic E-state index is 11.9. The molecule has 2 aliphatic rings. The van der Waals surface area contributed by atoms with Crippen molar-refractivity contribution in [1.82, 2.24) is 25.8 Å². The highest BCUT2D eigenvalue weighted by molar-refractivity contribution is 5.95. The highest BCUT2D eigenvalue weighted by atomic mass is 16.2. The Bertz CT molecular complexity index is 393. The summed E-state index contributed by atoms with van der Waals surface area (Å²) in [5, 5.41) is 8.51. The SMILES string of the molecule is CC(C)(C)NC(=O)NC(=O)CN1CCN(C2CCNC2)CC1. The van der Waals surface area contributed by atoms with Crippen LogP contribution in [0.1, 0.15) is 27.2 Å². The molecule has 0 aliphatic carbocycles. The van der Waals surface area contributed by atoms with Crippen molar-refractivity contribution in [3.05, 3.63) is 0 Å². The predicted octanol–water partition coefficient (Wildman–Crippen LogP) is -0.410. The van der Waals surface area contributed by atoms with Crippen LogP contribution in [0.4, 0.5) is 4.79 Å². The van der Waals surface area contributed by atoms with Gasteiger partial charge in [-0.15, -0.1) is 0 Å². The van der Waals surface area contributed by atoms with Gasteiger partial charge in [0, 0.05) is 44.3 Å². The molecule has 0 radical (unpaired) electrons. The first-order valence-corrected chi connectivity index (χ1v) is 8.12. The maximum Gasteiger partial charge on any atom is 0.321 e. The average Bonchev–Trinajstić information content (AvgIpc) is 2.90. The molecule has 0 aromatic carbocycles. The lowest BCUT2D eigenvalue weighted by Gasteiger charge is -2.37. The minimum absolute atomic E-state index is 0.238. The number of nitrogens with one attached hydrogen (secondary N) is 3. The van der Waals surface area contributed by atoms with Crippen LogP contribution in [0.25, 0.3) is 0 Å². The van der Waals surface area contributed by atoms with Gasteiger partial charge in [0.15, 0.2) is 0 Å². The van der Waals surface area contributed by atoms with Gasteiger partial charge in [-0.3, -0.25) is 19.9 Å². The molecule has 2 fully saturated rings. The Morgan fingerprint density at radius 1 is 1.18 bits per heavy atom. The molecule has 0 aromatic heterocycles. The standard InChI is InChI=1S/C15H29N5O2/c1-15(2,3)18-14(22)17-13(21)11-19-6-8-20(9-7-19)12-4-5-16-10-12/h12,16H,4-11H2,1-3H3,(H2,17,18,21,22). The Kier molecular flexibility index (Phi) is 5.77. The molecule has 2 rings (SSSR count). The number of carbonyl (C=O) groups excluding carboxylic acids is 2. The summed E-state index contributed by atoms with van der Waals surface area (Å²) >= 11 is 0. The van der Waals surface area contributed by atoms with E-state index in [9.17, 15) is 9.59 Å². The van der Waals surface area contributed by atoms with Gasteiger partial charge in [0.1, 0.15) is 0 Å². The summed E-state index contributed by atoms with van der Waals surface area (Å²) in [5.74, 6) is -0.238. The summed E-state index contributed by atoms with van der Waals surface area (Å²) in [4.78, 5) is 28.2. The van der Waals surface area contributed by atoms with Gasteiger partial charge in [0.2, 0.25) is 5.91 Å². The third-order valence-electron chi connectivity index (χ3n) is 4.07. The van der Waals surface area contributed by atoms with Crippen molar-refractivity contribution in [3.8, 4) is 0 Å². The quantitative estimate of drug-likeness (QED) is 0.661. The second-order valence-electron chi connectivity index (χ2n) is 7.21. The molecular weight excluding hydrogens is 282 g/mol. The molecule has 22 heavy (non-hydrogen) atoms. The lowest BCUT2D eigenvalue weighted by molar-refractivity contribution is -0.121. The minimum atomic E-state index is -0.423. The van der Waals surface area contributed by atoms with E-state index in [1.165, 1.54) is 6.42 Å². The molecule has 7 nitrogen and oxygen atoms in total. The molecule has 3 amide bonds. The molecule has 1 atom stereocenters. The van der Waals surface area contributed by atoms with E-state index in [1.54, 1.807) is 0 Å². The van der Waals surface area contributed by atoms with Gasteiger partial charge >= 0.3 is 6.03 Å². The number of imide groups is 1. The zero-order chi connectivity index (χ0) is 16.2.